The van der Waals surface area contributed by atoms with Crippen LogP contribution in [0.1, 0.15) is 46.5 Å². The van der Waals surface area contributed by atoms with E-state index < -0.39 is 0 Å². The van der Waals surface area contributed by atoms with Crippen LogP contribution in [0.2, 0.25) is 0 Å². The summed E-state index contributed by atoms with van der Waals surface area (Å²) in [6.07, 6.45) is 5.47. The van der Waals surface area contributed by atoms with Crippen LogP contribution in [0.5, 0.6) is 0 Å². The Morgan fingerprint density at radius 3 is 2.30 bits per heavy atom. The first kappa shape index (κ1) is 9.67. The molecule has 10 heavy (non-hydrogen) atoms. The average molecular weight is 142 g/mol. The van der Waals surface area contributed by atoms with E-state index in [1.807, 2.05) is 6.92 Å². The lowest BCUT2D eigenvalue weighted by molar-refractivity contribution is -0.115. The normalized spacial score (nSPS) is 16.3. The van der Waals surface area contributed by atoms with Gasteiger partial charge in [-0.1, -0.05) is 33.6 Å². The number of aldehydes is 1. The van der Waals surface area contributed by atoms with Gasteiger partial charge in [0, 0.05) is 5.41 Å². The largest absolute Gasteiger partial charge is 0.303 e. The maximum absolute atomic E-state index is 10.6. The molecule has 0 saturated carbocycles. The first-order chi connectivity index (χ1) is 4.68. The third-order valence-electron chi connectivity index (χ3n) is 2.19. The molecule has 1 atom stereocenters. The summed E-state index contributed by atoms with van der Waals surface area (Å²) in [7, 11) is 0. The van der Waals surface area contributed by atoms with E-state index in [0.717, 1.165) is 19.1 Å². The molecule has 0 unspecified atom stereocenters. The minimum absolute atomic E-state index is 0.0456. The first-order valence-corrected chi connectivity index (χ1v) is 4.15. The Bertz CT molecular complexity index is 98.9. The Balaban J connectivity index is 3.68. The molecule has 0 aromatic heterocycles. The Labute approximate surface area is 63.8 Å². The topological polar surface area (TPSA) is 17.1 Å². The minimum atomic E-state index is -0.0456. The summed E-state index contributed by atoms with van der Waals surface area (Å²) in [5.74, 6) is 0. The molecule has 0 saturated heterocycles. The molecule has 0 rings (SSSR count). The molecule has 0 amide bonds. The molecule has 1 heteroatoms. The van der Waals surface area contributed by atoms with E-state index in [1.165, 1.54) is 12.8 Å². The third kappa shape index (κ3) is 3.00. The highest BCUT2D eigenvalue weighted by atomic mass is 16.1. The molecule has 0 aromatic carbocycles. The van der Waals surface area contributed by atoms with Crippen molar-refractivity contribution in [3.8, 4) is 0 Å². The van der Waals surface area contributed by atoms with Gasteiger partial charge in [0.1, 0.15) is 6.29 Å². The highest BCUT2D eigenvalue weighted by Crippen LogP contribution is 2.24. The van der Waals surface area contributed by atoms with Crippen molar-refractivity contribution in [1.82, 2.24) is 0 Å². The van der Waals surface area contributed by atoms with Crippen LogP contribution in [0.25, 0.3) is 0 Å². The van der Waals surface area contributed by atoms with Gasteiger partial charge in [-0.25, -0.2) is 0 Å². The molecular formula is C9H18O. The Morgan fingerprint density at radius 1 is 1.40 bits per heavy atom. The zero-order valence-corrected chi connectivity index (χ0v) is 7.31. The number of hydrogen-bond donors (Lipinski definition) is 0. The zero-order valence-electron chi connectivity index (χ0n) is 7.31. The van der Waals surface area contributed by atoms with Crippen LogP contribution >= 0.6 is 0 Å². The smallest absolute Gasteiger partial charge is 0.125 e. The molecule has 1 nitrogen and oxygen atoms in total. The van der Waals surface area contributed by atoms with Crippen molar-refractivity contribution in [3.05, 3.63) is 0 Å². The molecule has 0 aliphatic heterocycles. The quantitative estimate of drug-likeness (QED) is 0.539. The molecule has 60 valence electrons. The summed E-state index contributed by atoms with van der Waals surface area (Å²) in [5, 5.41) is 0. The van der Waals surface area contributed by atoms with Crippen LogP contribution in [0.3, 0.4) is 0 Å². The average Bonchev–Trinajstić information content (AvgIpc) is 2.00. The summed E-state index contributed by atoms with van der Waals surface area (Å²) >= 11 is 0. The number of carbonyl (C=O) groups is 1. The van der Waals surface area contributed by atoms with Crippen LogP contribution < -0.4 is 0 Å². The highest BCUT2D eigenvalue weighted by molar-refractivity contribution is 5.58. The van der Waals surface area contributed by atoms with E-state index >= 15 is 0 Å². The van der Waals surface area contributed by atoms with Gasteiger partial charge < -0.3 is 4.79 Å². The predicted molar refractivity (Wildman–Crippen MR) is 44.0 cm³/mol. The van der Waals surface area contributed by atoms with E-state index in [2.05, 4.69) is 13.8 Å². The zero-order chi connectivity index (χ0) is 8.04. The lowest BCUT2D eigenvalue weighted by Gasteiger charge is -2.19. The molecule has 0 bridgehead atoms. The maximum atomic E-state index is 10.6. The van der Waals surface area contributed by atoms with Crippen molar-refractivity contribution in [2.45, 2.75) is 46.5 Å². The molecule has 0 N–H and O–H groups in total. The SMILES string of the molecule is CCCC[C@@](C)(C=O)CC. The summed E-state index contributed by atoms with van der Waals surface area (Å²) in [5.41, 5.74) is -0.0456. The number of carbonyl (C=O) groups excluding carboxylic acids is 1. The minimum Gasteiger partial charge on any atom is -0.303 e. The van der Waals surface area contributed by atoms with E-state index in [4.69, 9.17) is 0 Å². The molecule has 0 spiro atoms. The van der Waals surface area contributed by atoms with Crippen molar-refractivity contribution < 1.29 is 4.79 Å². The number of rotatable bonds is 5. The fourth-order valence-electron chi connectivity index (χ4n) is 0.900. The van der Waals surface area contributed by atoms with Crippen molar-refractivity contribution in [2.75, 3.05) is 0 Å². The van der Waals surface area contributed by atoms with Gasteiger partial charge in [-0.15, -0.1) is 0 Å². The van der Waals surface area contributed by atoms with Crippen LogP contribution in [0.4, 0.5) is 0 Å². The van der Waals surface area contributed by atoms with Crippen LogP contribution in [-0.4, -0.2) is 6.29 Å². The van der Waals surface area contributed by atoms with E-state index in [0.29, 0.717) is 0 Å². The van der Waals surface area contributed by atoms with E-state index in [9.17, 15) is 4.79 Å². The monoisotopic (exact) mass is 142 g/mol. The molecule has 0 heterocycles. The molecule has 0 aliphatic rings. The van der Waals surface area contributed by atoms with Crippen molar-refractivity contribution in [1.29, 1.82) is 0 Å². The van der Waals surface area contributed by atoms with Gasteiger partial charge in [0.05, 0.1) is 0 Å². The molecule has 0 aliphatic carbocycles. The second-order valence-electron chi connectivity index (χ2n) is 3.23. The predicted octanol–water partition coefficient (Wildman–Crippen LogP) is 2.79. The maximum Gasteiger partial charge on any atom is 0.125 e. The van der Waals surface area contributed by atoms with E-state index in [-0.39, 0.29) is 5.41 Å². The van der Waals surface area contributed by atoms with E-state index in [1.54, 1.807) is 0 Å². The number of unbranched alkanes of at least 4 members (excludes halogenated alkanes) is 1. The fourth-order valence-corrected chi connectivity index (χ4v) is 0.900. The fraction of sp³-hybridized carbons (Fsp3) is 0.889. The number of hydrogen-bond acceptors (Lipinski definition) is 1. The van der Waals surface area contributed by atoms with Gasteiger partial charge in [0.15, 0.2) is 0 Å². The molecular weight excluding hydrogens is 124 g/mol. The lowest BCUT2D eigenvalue weighted by Crippen LogP contribution is -2.16. The van der Waals surface area contributed by atoms with Gasteiger partial charge in [-0.2, -0.15) is 0 Å². The standard InChI is InChI=1S/C9H18O/c1-4-6-7-9(3,5-2)8-10/h8H,4-7H2,1-3H3/t9-/m0/s1. The van der Waals surface area contributed by atoms with Gasteiger partial charge in [-0.3, -0.25) is 0 Å². The van der Waals surface area contributed by atoms with Crippen molar-refractivity contribution in [3.63, 3.8) is 0 Å². The van der Waals surface area contributed by atoms with Gasteiger partial charge in [-0.05, 0) is 12.8 Å². The second-order valence-corrected chi connectivity index (χ2v) is 3.23. The Morgan fingerprint density at radius 2 is 2.00 bits per heavy atom. The second kappa shape index (κ2) is 4.48. The Hall–Kier alpha value is -0.330. The summed E-state index contributed by atoms with van der Waals surface area (Å²) in [4.78, 5) is 10.6. The highest BCUT2D eigenvalue weighted by Gasteiger charge is 2.19. The summed E-state index contributed by atoms with van der Waals surface area (Å²) in [6.45, 7) is 6.26. The van der Waals surface area contributed by atoms with Gasteiger partial charge >= 0.3 is 0 Å². The Kier molecular flexibility index (Phi) is 4.33. The van der Waals surface area contributed by atoms with Crippen molar-refractivity contribution in [2.24, 2.45) is 5.41 Å². The van der Waals surface area contributed by atoms with Crippen LogP contribution in [-0.2, 0) is 4.79 Å². The van der Waals surface area contributed by atoms with Crippen molar-refractivity contribution >= 4 is 6.29 Å². The molecule has 0 radical (unpaired) electrons. The molecule has 0 fully saturated rings. The van der Waals surface area contributed by atoms with Gasteiger partial charge in [0.25, 0.3) is 0 Å². The third-order valence-corrected chi connectivity index (χ3v) is 2.19. The van der Waals surface area contributed by atoms with Crippen LogP contribution in [0.15, 0.2) is 0 Å². The first-order valence-electron chi connectivity index (χ1n) is 4.15. The van der Waals surface area contributed by atoms with Gasteiger partial charge in [0.2, 0.25) is 0 Å². The van der Waals surface area contributed by atoms with Crippen LogP contribution in [0, 0.1) is 5.41 Å². The lowest BCUT2D eigenvalue weighted by atomic mass is 9.84. The summed E-state index contributed by atoms with van der Waals surface area (Å²) in [6, 6.07) is 0. The summed E-state index contributed by atoms with van der Waals surface area (Å²) < 4.78 is 0. The molecule has 0 aromatic rings.